The van der Waals surface area contributed by atoms with Crippen molar-refractivity contribution in [2.45, 2.75) is 12.4 Å². The van der Waals surface area contributed by atoms with Crippen LogP contribution in [0.4, 0.5) is 26.3 Å². The maximum Gasteiger partial charge on any atom is 0.431 e. The number of hydrogen-bond donors (Lipinski definition) is 1. The van der Waals surface area contributed by atoms with Gasteiger partial charge in [-0.15, -0.1) is 0 Å². The summed E-state index contributed by atoms with van der Waals surface area (Å²) in [5.41, 5.74) is -3.46. The molecule has 2 rings (SSSR count). The van der Waals surface area contributed by atoms with Crippen LogP contribution in [0.25, 0.3) is 5.69 Å². The third kappa shape index (κ3) is 3.21. The van der Waals surface area contributed by atoms with Gasteiger partial charge in [-0.25, -0.2) is 0 Å². The molecule has 0 aliphatic rings. The van der Waals surface area contributed by atoms with E-state index in [1.165, 1.54) is 0 Å². The van der Waals surface area contributed by atoms with Crippen molar-refractivity contribution >= 4 is 12.2 Å². The lowest BCUT2D eigenvalue weighted by atomic mass is 10.2. The number of aromatic nitrogens is 2. The lowest BCUT2D eigenvalue weighted by Crippen LogP contribution is -2.23. The fourth-order valence-corrected chi connectivity index (χ4v) is 2.00. The minimum Gasteiger partial charge on any atom is -0.328 e. The Morgan fingerprint density at radius 1 is 0.955 bits per heavy atom. The first kappa shape index (κ1) is 16.3. The van der Waals surface area contributed by atoms with Crippen LogP contribution in [-0.2, 0) is 12.4 Å². The van der Waals surface area contributed by atoms with Gasteiger partial charge in [0.15, 0.2) is 4.77 Å². The highest BCUT2D eigenvalue weighted by atomic mass is 32.1. The minimum absolute atomic E-state index is 0.0759. The predicted octanol–water partition coefficient (Wildman–Crippen LogP) is 3.93. The number of aromatic amines is 1. The highest BCUT2D eigenvalue weighted by Crippen LogP contribution is 2.30. The first-order valence-corrected chi connectivity index (χ1v) is 6.02. The summed E-state index contributed by atoms with van der Waals surface area (Å²) < 4.78 is 75.0. The lowest BCUT2D eigenvalue weighted by molar-refractivity contribution is -0.141. The van der Waals surface area contributed by atoms with Crippen LogP contribution in [0, 0.1) is 4.77 Å². The fraction of sp³-hybridized carbons (Fsp3) is 0.167. The minimum atomic E-state index is -4.79. The molecule has 0 fully saturated rings. The molecule has 0 aliphatic heterocycles. The third-order valence-electron chi connectivity index (χ3n) is 2.69. The molecule has 0 radical (unpaired) electrons. The zero-order valence-corrected chi connectivity index (χ0v) is 11.2. The van der Waals surface area contributed by atoms with Gasteiger partial charge in [-0.3, -0.25) is 9.36 Å². The number of alkyl halides is 6. The van der Waals surface area contributed by atoms with Crippen LogP contribution in [0.15, 0.2) is 35.1 Å². The van der Waals surface area contributed by atoms with Gasteiger partial charge < -0.3 is 4.98 Å². The van der Waals surface area contributed by atoms with Crippen LogP contribution in [0.3, 0.4) is 0 Å². The van der Waals surface area contributed by atoms with Crippen molar-refractivity contribution in [3.63, 3.8) is 0 Å². The van der Waals surface area contributed by atoms with Gasteiger partial charge >= 0.3 is 12.4 Å². The normalized spacial score (nSPS) is 12.5. The molecule has 0 aliphatic carbocycles. The van der Waals surface area contributed by atoms with Crippen molar-refractivity contribution in [2.75, 3.05) is 0 Å². The Bertz CT molecular complexity index is 769. The summed E-state index contributed by atoms with van der Waals surface area (Å²) in [7, 11) is 0. The molecule has 0 spiro atoms. The second-order valence-corrected chi connectivity index (χ2v) is 4.59. The van der Waals surface area contributed by atoms with E-state index in [0.29, 0.717) is 16.7 Å². The van der Waals surface area contributed by atoms with E-state index in [4.69, 9.17) is 0 Å². The highest BCUT2D eigenvalue weighted by molar-refractivity contribution is 7.71. The number of nitrogens with zero attached hydrogens (tertiary/aromatic N) is 1. The van der Waals surface area contributed by atoms with E-state index in [1.807, 2.05) is 4.98 Å². The average Bonchev–Trinajstić information content (AvgIpc) is 2.36. The lowest BCUT2D eigenvalue weighted by Gasteiger charge is -2.11. The quantitative estimate of drug-likeness (QED) is 0.631. The third-order valence-corrected chi connectivity index (χ3v) is 2.98. The van der Waals surface area contributed by atoms with Crippen LogP contribution >= 0.6 is 12.2 Å². The monoisotopic (exact) mass is 340 g/mol. The highest BCUT2D eigenvalue weighted by Gasteiger charge is 2.33. The predicted molar refractivity (Wildman–Crippen MR) is 67.2 cm³/mol. The van der Waals surface area contributed by atoms with Gasteiger partial charge in [-0.05, 0) is 36.5 Å². The van der Waals surface area contributed by atoms with Gasteiger partial charge in [0, 0.05) is 6.07 Å². The fourth-order valence-electron chi connectivity index (χ4n) is 1.69. The molecular weight excluding hydrogens is 334 g/mol. The summed E-state index contributed by atoms with van der Waals surface area (Å²) in [5, 5.41) is 0. The van der Waals surface area contributed by atoms with Crippen molar-refractivity contribution < 1.29 is 26.3 Å². The Morgan fingerprint density at radius 2 is 1.50 bits per heavy atom. The van der Waals surface area contributed by atoms with Crippen molar-refractivity contribution in [1.29, 1.82) is 0 Å². The summed E-state index contributed by atoms with van der Waals surface area (Å²) in [6.45, 7) is 0. The summed E-state index contributed by atoms with van der Waals surface area (Å²) >= 11 is 4.67. The first-order chi connectivity index (χ1) is 10.00. The molecule has 0 saturated carbocycles. The molecular formula is C12H6F6N2OS. The van der Waals surface area contributed by atoms with E-state index < -0.39 is 33.9 Å². The van der Waals surface area contributed by atoms with Gasteiger partial charge in [0.1, 0.15) is 5.69 Å². The molecule has 1 heterocycles. The second-order valence-electron chi connectivity index (χ2n) is 4.20. The Balaban J connectivity index is 2.55. The van der Waals surface area contributed by atoms with Crippen molar-refractivity contribution in [1.82, 2.24) is 9.55 Å². The molecule has 0 saturated heterocycles. The molecule has 10 heteroatoms. The SMILES string of the molecule is O=c1cc(C(F)(F)F)[nH]c(=S)n1-c1ccc(C(F)(F)F)cc1. The number of rotatable bonds is 1. The molecule has 0 unspecified atom stereocenters. The van der Waals surface area contributed by atoms with Crippen molar-refractivity contribution in [3.8, 4) is 5.69 Å². The Morgan fingerprint density at radius 3 is 1.91 bits per heavy atom. The number of nitrogens with one attached hydrogen (secondary N) is 1. The Labute approximate surface area is 123 Å². The molecule has 0 bridgehead atoms. The van der Waals surface area contributed by atoms with Crippen LogP contribution in [-0.4, -0.2) is 9.55 Å². The van der Waals surface area contributed by atoms with E-state index in [2.05, 4.69) is 12.2 Å². The maximum atomic E-state index is 12.5. The van der Waals surface area contributed by atoms with E-state index in [9.17, 15) is 31.1 Å². The van der Waals surface area contributed by atoms with Gasteiger partial charge in [0.2, 0.25) is 0 Å². The van der Waals surface area contributed by atoms with E-state index in [-0.39, 0.29) is 11.8 Å². The van der Waals surface area contributed by atoms with Gasteiger partial charge in [-0.1, -0.05) is 0 Å². The molecule has 1 aromatic carbocycles. The molecule has 0 atom stereocenters. The zero-order chi connectivity index (χ0) is 16.7. The van der Waals surface area contributed by atoms with Gasteiger partial charge in [0.05, 0.1) is 11.3 Å². The van der Waals surface area contributed by atoms with Crippen LogP contribution in [0.2, 0.25) is 0 Å². The van der Waals surface area contributed by atoms with Crippen LogP contribution < -0.4 is 5.56 Å². The Kier molecular flexibility index (Phi) is 3.90. The zero-order valence-electron chi connectivity index (χ0n) is 10.4. The van der Waals surface area contributed by atoms with Crippen molar-refractivity contribution in [3.05, 3.63) is 56.7 Å². The van der Waals surface area contributed by atoms with Crippen molar-refractivity contribution in [2.24, 2.45) is 0 Å². The summed E-state index contributed by atoms with van der Waals surface area (Å²) in [6, 6.07) is 3.58. The van der Waals surface area contributed by atoms with E-state index in [1.54, 1.807) is 0 Å². The molecule has 2 aromatic rings. The summed E-state index contributed by atoms with van der Waals surface area (Å²) in [6.07, 6.45) is -9.35. The van der Waals surface area contributed by atoms with Gasteiger partial charge in [-0.2, -0.15) is 26.3 Å². The smallest absolute Gasteiger partial charge is 0.328 e. The molecule has 22 heavy (non-hydrogen) atoms. The molecule has 1 aromatic heterocycles. The topological polar surface area (TPSA) is 37.8 Å². The average molecular weight is 340 g/mol. The molecule has 0 amide bonds. The van der Waals surface area contributed by atoms with Gasteiger partial charge in [0.25, 0.3) is 5.56 Å². The standard InChI is InChI=1S/C12H6F6N2OS/c13-11(14,15)6-1-3-7(4-2-6)20-9(21)5-8(12(16,17)18)19-10(20)22/h1-5H,(H,19,22). The largest absolute Gasteiger partial charge is 0.431 e. The second kappa shape index (κ2) is 5.27. The Hall–Kier alpha value is -2.10. The van der Waals surface area contributed by atoms with E-state index in [0.717, 1.165) is 12.1 Å². The number of halogens is 6. The molecule has 118 valence electrons. The number of benzene rings is 1. The van der Waals surface area contributed by atoms with Crippen LogP contribution in [0.1, 0.15) is 11.3 Å². The number of hydrogen-bond acceptors (Lipinski definition) is 2. The summed E-state index contributed by atoms with van der Waals surface area (Å²) in [5.74, 6) is 0. The summed E-state index contributed by atoms with van der Waals surface area (Å²) in [4.78, 5) is 13.6. The molecule has 3 nitrogen and oxygen atoms in total. The molecule has 1 N–H and O–H groups in total. The van der Waals surface area contributed by atoms with Crippen LogP contribution in [0.5, 0.6) is 0 Å². The van der Waals surface area contributed by atoms with E-state index >= 15 is 0 Å². The first-order valence-electron chi connectivity index (χ1n) is 5.61. The maximum absolute atomic E-state index is 12.5. The number of H-pyrrole nitrogens is 1.